The van der Waals surface area contributed by atoms with Gasteiger partial charge in [0.15, 0.2) is 35.6 Å². The van der Waals surface area contributed by atoms with Gasteiger partial charge in [-0.3, -0.25) is 19.5 Å². The third kappa shape index (κ3) is 7.03. The smallest absolute Gasteiger partial charge is 0.352 e. The number of halogens is 1. The van der Waals surface area contributed by atoms with E-state index >= 15 is 4.39 Å². The highest BCUT2D eigenvalue weighted by Gasteiger charge is 2.54. The SMILES string of the molecule is CO/N=C(\C(=O)C[C@@H]1C(=O)N2C(C(=O)O)=C(C[n+]3ccc4ccn(Cc5ccc(C(N)=NC6CCCNC6)cc5F)c4c3)CS[C@H]12)c1csc(N)n1. The number of carboxylic acids is 1. The minimum atomic E-state index is -1.22. The maximum Gasteiger partial charge on any atom is 0.352 e. The number of piperidine rings is 1. The molecule has 0 radical (unpaired) electrons. The van der Waals surface area contributed by atoms with Gasteiger partial charge in [0.2, 0.25) is 5.91 Å². The summed E-state index contributed by atoms with van der Waals surface area (Å²) in [4.78, 5) is 54.0. The maximum absolute atomic E-state index is 15.4. The molecular formula is C35H37FN9O5S2+. The topological polar surface area (TPSA) is 194 Å². The molecule has 0 spiro atoms. The Morgan fingerprint density at radius 2 is 2.12 bits per heavy atom. The number of hydrogen-bond donors (Lipinski definition) is 4. The molecule has 270 valence electrons. The number of thioether (sulfide) groups is 1. The average Bonchev–Trinajstić information content (AvgIpc) is 3.75. The van der Waals surface area contributed by atoms with Crippen LogP contribution in [0.2, 0.25) is 0 Å². The normalized spacial score (nSPS) is 20.9. The molecule has 4 aromatic rings. The Balaban J connectivity index is 1.06. The van der Waals surface area contributed by atoms with Crippen LogP contribution in [0.1, 0.15) is 36.1 Å². The van der Waals surface area contributed by atoms with E-state index in [1.54, 1.807) is 17.5 Å². The third-order valence-electron chi connectivity index (χ3n) is 9.40. The number of nitrogen functional groups attached to an aromatic ring is 1. The number of amidine groups is 1. The molecule has 3 aliphatic rings. The highest BCUT2D eigenvalue weighted by Crippen LogP contribution is 2.45. The largest absolute Gasteiger partial charge is 0.477 e. The molecule has 7 rings (SSSR count). The Hall–Kier alpha value is -5.13. The van der Waals surface area contributed by atoms with E-state index in [1.807, 2.05) is 39.9 Å². The number of anilines is 1. The Morgan fingerprint density at radius 3 is 2.83 bits per heavy atom. The predicted molar refractivity (Wildman–Crippen MR) is 195 cm³/mol. The number of β-lactam (4-membered cyclic amide) rings is 1. The van der Waals surface area contributed by atoms with Crippen LogP contribution >= 0.6 is 23.1 Å². The molecular weight excluding hydrogens is 710 g/mol. The minimum Gasteiger partial charge on any atom is -0.477 e. The summed E-state index contributed by atoms with van der Waals surface area (Å²) in [6, 6.07) is 8.85. The van der Waals surface area contributed by atoms with Crippen LogP contribution in [0.25, 0.3) is 10.9 Å². The second-order valence-corrected chi connectivity index (χ2v) is 14.8. The summed E-state index contributed by atoms with van der Waals surface area (Å²) in [5, 5.41) is 19.6. The number of pyridine rings is 1. The van der Waals surface area contributed by atoms with Crippen molar-refractivity contribution in [3.8, 4) is 0 Å². The number of nitrogens with one attached hydrogen (secondary N) is 1. The molecule has 1 unspecified atom stereocenters. The molecule has 14 nitrogen and oxygen atoms in total. The number of amides is 1. The molecule has 3 aliphatic heterocycles. The van der Waals surface area contributed by atoms with E-state index < -0.39 is 29.0 Å². The summed E-state index contributed by atoms with van der Waals surface area (Å²) in [6.45, 7) is 2.20. The van der Waals surface area contributed by atoms with Crippen molar-refractivity contribution in [1.82, 2.24) is 19.8 Å². The highest BCUT2D eigenvalue weighted by atomic mass is 32.2. The second-order valence-electron chi connectivity index (χ2n) is 12.8. The standard InChI is InChI=1S/C35H36FN9O5S2/c1-50-42-29(26-18-52-35(38)41-26)28(46)12-24-32(47)45-30(34(48)49)22(17-51-33(24)45)14-43-9-6-19-7-10-44(27(19)16-43)15-21-5-4-20(11-25(21)36)31(37)40-23-3-2-8-39-13-23/h4-7,9-11,16,18,23-24,33,39H,2-3,8,12-15,17H2,1H3,(H4-,37,38,40,41,48,49)/p+1/b42-29-/t23?,24-,33-/m1/s1. The molecule has 6 heterocycles. The highest BCUT2D eigenvalue weighted by molar-refractivity contribution is 8.00. The number of aliphatic carboxylic acids is 1. The number of thiazole rings is 1. The number of carboxylic acid groups (broad SMARTS) is 1. The molecule has 1 amide bonds. The number of aliphatic imine (C=N–C) groups is 1. The number of ketones is 1. The number of carbonyl (C=O) groups excluding carboxylic acids is 2. The number of fused-ring (bicyclic) bond motifs is 2. The van der Waals surface area contributed by atoms with Gasteiger partial charge in [-0.25, -0.2) is 14.2 Å². The van der Waals surface area contributed by atoms with Gasteiger partial charge in [-0.1, -0.05) is 17.3 Å². The van der Waals surface area contributed by atoms with E-state index in [9.17, 15) is 19.5 Å². The van der Waals surface area contributed by atoms with Crippen LogP contribution in [0.3, 0.4) is 0 Å². The van der Waals surface area contributed by atoms with Crippen molar-refractivity contribution >= 4 is 68.3 Å². The Morgan fingerprint density at radius 1 is 1.27 bits per heavy atom. The summed E-state index contributed by atoms with van der Waals surface area (Å²) < 4.78 is 19.1. The zero-order valence-corrected chi connectivity index (χ0v) is 29.8. The van der Waals surface area contributed by atoms with Gasteiger partial charge in [0, 0.05) is 58.4 Å². The summed E-state index contributed by atoms with van der Waals surface area (Å²) in [5.41, 5.74) is 14.5. The molecule has 0 saturated carbocycles. The van der Waals surface area contributed by atoms with Crippen molar-refractivity contribution in [2.45, 2.75) is 43.8 Å². The Bertz CT molecular complexity index is 2160. The van der Waals surface area contributed by atoms with Crippen molar-refractivity contribution in [3.05, 3.63) is 88.2 Å². The van der Waals surface area contributed by atoms with E-state index in [-0.39, 0.29) is 53.6 Å². The molecule has 3 aromatic heterocycles. The van der Waals surface area contributed by atoms with Crippen LogP contribution in [0, 0.1) is 11.7 Å². The zero-order chi connectivity index (χ0) is 36.5. The maximum atomic E-state index is 15.4. The van der Waals surface area contributed by atoms with Gasteiger partial charge in [-0.15, -0.1) is 23.1 Å². The van der Waals surface area contributed by atoms with Crippen LogP contribution in [-0.4, -0.2) is 86.1 Å². The summed E-state index contributed by atoms with van der Waals surface area (Å²) >= 11 is 2.56. The molecule has 2 fully saturated rings. The lowest BCUT2D eigenvalue weighted by molar-refractivity contribution is -0.687. The van der Waals surface area contributed by atoms with Crippen molar-refractivity contribution < 1.29 is 33.3 Å². The molecule has 52 heavy (non-hydrogen) atoms. The fraction of sp³-hybridized carbons (Fsp3) is 0.343. The number of carbonyl (C=O) groups is 3. The summed E-state index contributed by atoms with van der Waals surface area (Å²) in [5.74, 6) is -2.57. The molecule has 6 N–H and O–H groups in total. The second kappa shape index (κ2) is 14.8. The summed E-state index contributed by atoms with van der Waals surface area (Å²) in [6.07, 6.45) is 7.40. The van der Waals surface area contributed by atoms with Gasteiger partial charge < -0.3 is 31.3 Å². The number of nitrogens with two attached hydrogens (primary N) is 2. The lowest BCUT2D eigenvalue weighted by Crippen LogP contribution is -2.62. The number of aromatic nitrogens is 3. The van der Waals surface area contributed by atoms with Crippen LogP contribution in [0.4, 0.5) is 9.52 Å². The quantitative estimate of drug-likeness (QED) is 0.0550. The zero-order valence-electron chi connectivity index (χ0n) is 28.2. The lowest BCUT2D eigenvalue weighted by atomic mass is 9.89. The van der Waals surface area contributed by atoms with E-state index in [2.05, 4.69) is 20.4 Å². The van der Waals surface area contributed by atoms with E-state index in [0.29, 0.717) is 28.3 Å². The number of rotatable bonds is 12. The molecule has 0 aliphatic carbocycles. The first kappa shape index (κ1) is 35.3. The van der Waals surface area contributed by atoms with Crippen LogP contribution < -0.4 is 21.4 Å². The summed E-state index contributed by atoms with van der Waals surface area (Å²) in [7, 11) is 1.30. The van der Waals surface area contributed by atoms with Gasteiger partial charge in [-0.05, 0) is 31.5 Å². The van der Waals surface area contributed by atoms with Crippen LogP contribution in [0.15, 0.2) is 75.7 Å². The number of oxime groups is 1. The van der Waals surface area contributed by atoms with Crippen LogP contribution in [-0.2, 0) is 32.3 Å². The number of Topliss-reactive ketones (excluding diaryl/α,β-unsaturated/α-hetero) is 1. The van der Waals surface area contributed by atoms with E-state index in [1.165, 1.54) is 29.8 Å². The lowest BCUT2D eigenvalue weighted by Gasteiger charge is -2.49. The first-order valence-electron chi connectivity index (χ1n) is 16.7. The third-order valence-corrected chi connectivity index (χ3v) is 11.5. The Kier molecular flexibility index (Phi) is 10.1. The van der Waals surface area contributed by atoms with E-state index in [0.717, 1.165) is 48.2 Å². The van der Waals surface area contributed by atoms with Gasteiger partial charge >= 0.3 is 5.97 Å². The Labute approximate surface area is 306 Å². The van der Waals surface area contributed by atoms with Crippen molar-refractivity contribution in [2.75, 3.05) is 31.7 Å². The van der Waals surface area contributed by atoms with Gasteiger partial charge in [0.1, 0.15) is 35.7 Å². The van der Waals surface area contributed by atoms with Gasteiger partial charge in [0.05, 0.1) is 23.9 Å². The molecule has 0 bridgehead atoms. The van der Waals surface area contributed by atoms with Crippen molar-refractivity contribution in [2.24, 2.45) is 21.8 Å². The number of nitrogens with zero attached hydrogens (tertiary/aromatic N) is 6. The predicted octanol–water partition coefficient (Wildman–Crippen LogP) is 2.49. The van der Waals surface area contributed by atoms with E-state index in [4.69, 9.17) is 16.3 Å². The van der Waals surface area contributed by atoms with Gasteiger partial charge in [0.25, 0.3) is 0 Å². The monoisotopic (exact) mass is 746 g/mol. The molecule has 3 atom stereocenters. The van der Waals surface area contributed by atoms with Gasteiger partial charge in [-0.2, -0.15) is 4.57 Å². The number of hydrogen-bond acceptors (Lipinski definition) is 11. The fourth-order valence-corrected chi connectivity index (χ4v) is 8.77. The first-order valence-corrected chi connectivity index (χ1v) is 18.6. The minimum absolute atomic E-state index is 0.0459. The number of benzene rings is 1. The fourth-order valence-electron chi connectivity index (χ4n) is 6.82. The van der Waals surface area contributed by atoms with Crippen LogP contribution in [0.5, 0.6) is 0 Å². The molecule has 1 aromatic carbocycles. The van der Waals surface area contributed by atoms with Crippen molar-refractivity contribution in [3.63, 3.8) is 0 Å². The van der Waals surface area contributed by atoms with Crippen molar-refractivity contribution in [1.29, 1.82) is 0 Å². The first-order chi connectivity index (χ1) is 25.1. The average molecular weight is 747 g/mol. The molecule has 17 heteroatoms. The molecule has 2 saturated heterocycles.